The standard InChI is InChI=1S/C21H33N6O5P/c1-5-8-18-19(23)24-14-25-27(18)21(13-22)10-9-17(32-21)12-31-33(29)26-15(4)20(28)30-11-16(6-2)7-3/h5,8,14-17,33H,1,6-7,9-12H2,2-4H3,(H,26,29)(H2,23,24,25)/b18-8-/t15-,17-,21-/m0/s1. The fourth-order valence-corrected chi connectivity index (χ4v) is 4.27. The number of allylic oxidation sites excluding steroid dienone is 2. The van der Waals surface area contributed by atoms with Crippen LogP contribution in [0.1, 0.15) is 46.5 Å². The lowest BCUT2D eigenvalue weighted by atomic mass is 10.1. The average Bonchev–Trinajstić information content (AvgIpc) is 3.24. The summed E-state index contributed by atoms with van der Waals surface area (Å²) in [7, 11) is -2.74. The number of amidine groups is 1. The molecule has 3 N–H and O–H groups in total. The van der Waals surface area contributed by atoms with Gasteiger partial charge in [0.2, 0.25) is 5.72 Å². The molecule has 182 valence electrons. The molecular formula is C21H33N6O5P. The van der Waals surface area contributed by atoms with Crippen molar-refractivity contribution in [2.24, 2.45) is 21.7 Å². The maximum Gasteiger partial charge on any atom is 0.323 e. The van der Waals surface area contributed by atoms with Crippen molar-refractivity contribution in [3.63, 3.8) is 0 Å². The van der Waals surface area contributed by atoms with Gasteiger partial charge in [-0.1, -0.05) is 39.3 Å². The van der Waals surface area contributed by atoms with Gasteiger partial charge in [0.05, 0.1) is 19.3 Å². The van der Waals surface area contributed by atoms with E-state index in [1.165, 1.54) is 17.4 Å². The van der Waals surface area contributed by atoms with Crippen LogP contribution in [0.2, 0.25) is 0 Å². The Morgan fingerprint density at radius 3 is 2.94 bits per heavy atom. The summed E-state index contributed by atoms with van der Waals surface area (Å²) in [5, 5.41) is 18.0. The van der Waals surface area contributed by atoms with E-state index < -0.39 is 32.0 Å². The van der Waals surface area contributed by atoms with Crippen LogP contribution in [0, 0.1) is 17.2 Å². The molecule has 4 atom stereocenters. The van der Waals surface area contributed by atoms with E-state index in [2.05, 4.69) is 27.8 Å². The molecule has 0 aromatic carbocycles. The van der Waals surface area contributed by atoms with Crippen LogP contribution in [-0.4, -0.2) is 54.2 Å². The Labute approximate surface area is 195 Å². The average molecular weight is 481 g/mol. The highest BCUT2D eigenvalue weighted by Crippen LogP contribution is 2.37. The number of nitrogens with one attached hydrogen (secondary N) is 1. The van der Waals surface area contributed by atoms with Gasteiger partial charge < -0.3 is 19.7 Å². The molecule has 1 unspecified atom stereocenters. The molecule has 33 heavy (non-hydrogen) atoms. The van der Waals surface area contributed by atoms with Gasteiger partial charge in [-0.3, -0.25) is 9.36 Å². The van der Waals surface area contributed by atoms with E-state index in [0.717, 1.165) is 12.8 Å². The van der Waals surface area contributed by atoms with Gasteiger partial charge in [-0.05, 0) is 25.3 Å². The largest absolute Gasteiger partial charge is 0.464 e. The number of aliphatic imine (C=N–C) groups is 1. The summed E-state index contributed by atoms with van der Waals surface area (Å²) >= 11 is 0. The van der Waals surface area contributed by atoms with Gasteiger partial charge in [0, 0.05) is 6.42 Å². The Morgan fingerprint density at radius 2 is 2.30 bits per heavy atom. The quantitative estimate of drug-likeness (QED) is 0.317. The van der Waals surface area contributed by atoms with Crippen molar-refractivity contribution in [1.29, 1.82) is 5.26 Å². The zero-order chi connectivity index (χ0) is 24.4. The SMILES string of the molecule is C=C/C=C1/C(N)=NC=NN1[C@@]1(C#N)CC[C@@H](CO[PH](=O)N[C@@H](C)C(=O)OCC(CC)CC)O1. The molecule has 0 aromatic rings. The summed E-state index contributed by atoms with van der Waals surface area (Å²) in [4.78, 5) is 16.1. The summed E-state index contributed by atoms with van der Waals surface area (Å²) in [5.41, 5.74) is 4.91. The molecule has 0 saturated carbocycles. The zero-order valence-electron chi connectivity index (χ0n) is 19.3. The molecule has 0 aromatic heterocycles. The number of carbonyl (C=O) groups excluding carboxylic acids is 1. The van der Waals surface area contributed by atoms with Crippen LogP contribution in [0.5, 0.6) is 0 Å². The first kappa shape index (κ1) is 26.7. The molecule has 12 heteroatoms. The monoisotopic (exact) mass is 480 g/mol. The molecule has 0 radical (unpaired) electrons. The van der Waals surface area contributed by atoms with Gasteiger partial charge >= 0.3 is 5.97 Å². The number of hydrazone groups is 1. The fourth-order valence-electron chi connectivity index (χ4n) is 3.38. The normalized spacial score (nSPS) is 25.5. The second-order valence-corrected chi connectivity index (χ2v) is 8.95. The Bertz CT molecular complexity index is 866. The van der Waals surface area contributed by atoms with Crippen molar-refractivity contribution in [2.45, 2.75) is 64.3 Å². The number of nitriles is 1. The Balaban J connectivity index is 1.87. The van der Waals surface area contributed by atoms with Crippen molar-refractivity contribution >= 4 is 26.3 Å². The third kappa shape index (κ3) is 6.98. The molecule has 11 nitrogen and oxygen atoms in total. The van der Waals surface area contributed by atoms with E-state index in [4.69, 9.17) is 19.7 Å². The minimum Gasteiger partial charge on any atom is -0.464 e. The number of rotatable bonds is 12. The molecule has 0 bridgehead atoms. The molecule has 2 heterocycles. The third-order valence-electron chi connectivity index (χ3n) is 5.52. The van der Waals surface area contributed by atoms with Crippen molar-refractivity contribution in [1.82, 2.24) is 10.1 Å². The summed E-state index contributed by atoms with van der Waals surface area (Å²) < 4.78 is 28.9. The first-order valence-corrected chi connectivity index (χ1v) is 12.3. The summed E-state index contributed by atoms with van der Waals surface area (Å²) in [6.45, 7) is 9.61. The van der Waals surface area contributed by atoms with Gasteiger partial charge in [0.25, 0.3) is 8.18 Å². The van der Waals surface area contributed by atoms with Gasteiger partial charge in [-0.2, -0.15) is 10.4 Å². The number of carbonyl (C=O) groups is 1. The van der Waals surface area contributed by atoms with Crippen LogP contribution in [0.15, 0.2) is 34.5 Å². The van der Waals surface area contributed by atoms with Crippen molar-refractivity contribution < 1.29 is 23.4 Å². The Hall–Kier alpha value is -2.51. The van der Waals surface area contributed by atoms with Crippen LogP contribution in [0.3, 0.4) is 0 Å². The van der Waals surface area contributed by atoms with E-state index in [1.807, 2.05) is 13.8 Å². The number of esters is 1. The van der Waals surface area contributed by atoms with Gasteiger partial charge in [0.15, 0.2) is 5.84 Å². The Kier molecular flexibility index (Phi) is 10.3. The van der Waals surface area contributed by atoms with Gasteiger partial charge in [0.1, 0.15) is 24.1 Å². The highest BCUT2D eigenvalue weighted by atomic mass is 31.1. The zero-order valence-corrected chi connectivity index (χ0v) is 20.3. The number of nitrogens with zero attached hydrogens (tertiary/aromatic N) is 4. The number of ether oxygens (including phenoxy) is 2. The molecule has 2 aliphatic heterocycles. The summed E-state index contributed by atoms with van der Waals surface area (Å²) in [6, 6.07) is 1.38. The van der Waals surface area contributed by atoms with Crippen LogP contribution >= 0.6 is 8.18 Å². The highest BCUT2D eigenvalue weighted by molar-refractivity contribution is 7.36. The second kappa shape index (κ2) is 12.7. The minimum atomic E-state index is -2.74. The first-order chi connectivity index (χ1) is 15.8. The minimum absolute atomic E-state index is 0.0225. The van der Waals surface area contributed by atoms with Crippen molar-refractivity contribution in [3.05, 3.63) is 24.4 Å². The van der Waals surface area contributed by atoms with Gasteiger partial charge in [-0.15, -0.1) is 0 Å². The molecule has 2 aliphatic rings. The molecule has 0 spiro atoms. The maximum atomic E-state index is 12.3. The van der Waals surface area contributed by atoms with Crippen LogP contribution in [-0.2, 0) is 23.4 Å². The number of nitrogens with two attached hydrogens (primary N) is 1. The van der Waals surface area contributed by atoms with Crippen molar-refractivity contribution in [2.75, 3.05) is 13.2 Å². The van der Waals surface area contributed by atoms with Crippen LogP contribution in [0.25, 0.3) is 0 Å². The number of hydrogen-bond donors (Lipinski definition) is 2. The molecule has 1 fully saturated rings. The second-order valence-electron chi connectivity index (χ2n) is 7.80. The predicted molar refractivity (Wildman–Crippen MR) is 125 cm³/mol. The lowest BCUT2D eigenvalue weighted by Crippen LogP contribution is -2.48. The molecule has 0 aliphatic carbocycles. The van der Waals surface area contributed by atoms with Crippen LogP contribution in [0.4, 0.5) is 0 Å². The van der Waals surface area contributed by atoms with E-state index in [9.17, 15) is 14.6 Å². The smallest absolute Gasteiger partial charge is 0.323 e. The molecular weight excluding hydrogens is 447 g/mol. The molecule has 1 saturated heterocycles. The van der Waals surface area contributed by atoms with Crippen molar-refractivity contribution in [3.8, 4) is 6.07 Å². The van der Waals surface area contributed by atoms with E-state index >= 15 is 0 Å². The maximum absolute atomic E-state index is 12.3. The van der Waals surface area contributed by atoms with E-state index in [1.54, 1.807) is 13.0 Å². The topological polar surface area (TPSA) is 152 Å². The lowest BCUT2D eigenvalue weighted by Gasteiger charge is -2.35. The van der Waals surface area contributed by atoms with E-state index in [0.29, 0.717) is 31.1 Å². The first-order valence-electron chi connectivity index (χ1n) is 11.0. The third-order valence-corrected chi connectivity index (χ3v) is 6.62. The predicted octanol–water partition coefficient (Wildman–Crippen LogP) is 2.44. The number of hydrogen-bond acceptors (Lipinski definition) is 10. The Morgan fingerprint density at radius 1 is 1.58 bits per heavy atom. The molecule has 0 amide bonds. The van der Waals surface area contributed by atoms with E-state index in [-0.39, 0.29) is 12.4 Å². The fraction of sp³-hybridized carbons (Fsp3) is 0.619. The lowest BCUT2D eigenvalue weighted by molar-refractivity contribution is -0.146. The van der Waals surface area contributed by atoms with Crippen LogP contribution < -0.4 is 10.8 Å². The van der Waals surface area contributed by atoms with Gasteiger partial charge in [-0.25, -0.2) is 15.1 Å². The highest BCUT2D eigenvalue weighted by Gasteiger charge is 2.48. The summed E-state index contributed by atoms with van der Waals surface area (Å²) in [6.07, 6.45) is 6.48. The summed E-state index contributed by atoms with van der Waals surface area (Å²) in [5.74, 6) is 0.0115. The molecule has 2 rings (SSSR count).